The Bertz CT molecular complexity index is 789. The lowest BCUT2D eigenvalue weighted by Gasteiger charge is -2.06. The van der Waals surface area contributed by atoms with E-state index in [1.165, 1.54) is 0 Å². The molecule has 2 heterocycles. The lowest BCUT2D eigenvalue weighted by Crippen LogP contribution is -2.14. The number of halogens is 1. The first-order chi connectivity index (χ1) is 9.74. The highest BCUT2D eigenvalue weighted by Gasteiger charge is 2.11. The van der Waals surface area contributed by atoms with Gasteiger partial charge in [0.15, 0.2) is 0 Å². The highest BCUT2D eigenvalue weighted by atomic mass is 79.9. The second-order valence-electron chi connectivity index (χ2n) is 4.20. The summed E-state index contributed by atoms with van der Waals surface area (Å²) in [6.07, 6.45) is 3.33. The Hall–Kier alpha value is -2.27. The number of nitrogens with zero attached hydrogens (tertiary/aromatic N) is 2. The van der Waals surface area contributed by atoms with Crippen LogP contribution in [0, 0.1) is 0 Å². The molecule has 0 aliphatic heterocycles. The molecule has 4 nitrogen and oxygen atoms in total. The minimum absolute atomic E-state index is 0.249. The van der Waals surface area contributed by atoms with Crippen molar-refractivity contribution in [3.8, 4) is 0 Å². The summed E-state index contributed by atoms with van der Waals surface area (Å²) < 4.78 is 0.667. The molecule has 0 saturated carbocycles. The fourth-order valence-corrected chi connectivity index (χ4v) is 2.33. The van der Waals surface area contributed by atoms with E-state index in [2.05, 4.69) is 31.2 Å². The van der Waals surface area contributed by atoms with Gasteiger partial charge >= 0.3 is 0 Å². The maximum Gasteiger partial charge on any atom is 0.275 e. The predicted molar refractivity (Wildman–Crippen MR) is 81.6 cm³/mol. The summed E-state index contributed by atoms with van der Waals surface area (Å²) >= 11 is 3.32. The van der Waals surface area contributed by atoms with Crippen molar-refractivity contribution >= 4 is 38.4 Å². The quantitative estimate of drug-likeness (QED) is 0.781. The molecule has 0 fully saturated rings. The number of benzene rings is 1. The Morgan fingerprint density at radius 2 is 1.85 bits per heavy atom. The van der Waals surface area contributed by atoms with Gasteiger partial charge in [0.05, 0.1) is 5.52 Å². The van der Waals surface area contributed by atoms with Crippen LogP contribution in [0.15, 0.2) is 59.3 Å². The second-order valence-corrected chi connectivity index (χ2v) is 5.05. The Labute approximate surface area is 124 Å². The Morgan fingerprint density at radius 1 is 1.05 bits per heavy atom. The van der Waals surface area contributed by atoms with Gasteiger partial charge in [-0.05, 0) is 52.3 Å². The number of fused-ring (bicyclic) bond motifs is 1. The molecular formula is C15H10BrN3O. The third-order valence-electron chi connectivity index (χ3n) is 2.83. The van der Waals surface area contributed by atoms with Gasteiger partial charge in [-0.1, -0.05) is 6.07 Å². The minimum atomic E-state index is -0.249. The first-order valence-corrected chi connectivity index (χ1v) is 6.80. The fourth-order valence-electron chi connectivity index (χ4n) is 1.90. The molecule has 0 spiro atoms. The number of carbonyl (C=O) groups excluding carboxylic acids is 1. The number of carbonyl (C=O) groups is 1. The van der Waals surface area contributed by atoms with Gasteiger partial charge in [-0.2, -0.15) is 0 Å². The van der Waals surface area contributed by atoms with Gasteiger partial charge in [-0.3, -0.25) is 9.78 Å². The number of amides is 1. The van der Waals surface area contributed by atoms with E-state index in [4.69, 9.17) is 0 Å². The van der Waals surface area contributed by atoms with E-state index in [-0.39, 0.29) is 5.91 Å². The first-order valence-electron chi connectivity index (χ1n) is 6.01. The summed E-state index contributed by atoms with van der Waals surface area (Å²) in [5.74, 6) is -0.249. The van der Waals surface area contributed by atoms with Crippen LogP contribution < -0.4 is 5.32 Å². The Kier molecular flexibility index (Phi) is 3.43. The summed E-state index contributed by atoms with van der Waals surface area (Å²) in [5, 5.41) is 3.81. The van der Waals surface area contributed by atoms with Crippen LogP contribution in [-0.4, -0.2) is 15.9 Å². The molecule has 1 amide bonds. The van der Waals surface area contributed by atoms with E-state index in [1.807, 2.05) is 30.3 Å². The van der Waals surface area contributed by atoms with E-state index < -0.39 is 0 Å². The van der Waals surface area contributed by atoms with Gasteiger partial charge in [-0.25, -0.2) is 4.98 Å². The molecule has 3 aromatic rings. The van der Waals surface area contributed by atoms with Gasteiger partial charge in [0.2, 0.25) is 0 Å². The van der Waals surface area contributed by atoms with Gasteiger partial charge in [0, 0.05) is 27.9 Å². The van der Waals surface area contributed by atoms with Crippen molar-refractivity contribution in [2.75, 3.05) is 5.32 Å². The predicted octanol–water partition coefficient (Wildman–Crippen LogP) is 3.64. The van der Waals surface area contributed by atoms with Crippen molar-refractivity contribution in [2.45, 2.75) is 0 Å². The molecule has 0 bridgehead atoms. The standard InChI is InChI=1S/C15H10BrN3O/c16-12-4-2-8-18-14(12)15(20)19-11-5-6-13-10(9-11)3-1-7-17-13/h1-9H,(H,19,20). The zero-order valence-corrected chi connectivity index (χ0v) is 12.0. The average molecular weight is 328 g/mol. The maximum absolute atomic E-state index is 12.2. The lowest BCUT2D eigenvalue weighted by atomic mass is 10.2. The van der Waals surface area contributed by atoms with Crippen molar-refractivity contribution in [3.05, 3.63) is 65.0 Å². The first kappa shape index (κ1) is 12.7. The highest BCUT2D eigenvalue weighted by Crippen LogP contribution is 2.19. The molecule has 3 rings (SSSR count). The SMILES string of the molecule is O=C(Nc1ccc2ncccc2c1)c1ncccc1Br. The molecule has 20 heavy (non-hydrogen) atoms. The summed E-state index contributed by atoms with van der Waals surface area (Å²) in [7, 11) is 0. The summed E-state index contributed by atoms with van der Waals surface area (Å²) in [6, 6.07) is 13.0. The molecule has 0 radical (unpaired) electrons. The number of pyridine rings is 2. The number of anilines is 1. The van der Waals surface area contributed by atoms with Crippen molar-refractivity contribution in [2.24, 2.45) is 0 Å². The van der Waals surface area contributed by atoms with E-state index in [0.717, 1.165) is 10.9 Å². The second kappa shape index (κ2) is 5.38. The molecule has 0 saturated heterocycles. The molecule has 0 aliphatic carbocycles. The van der Waals surface area contributed by atoms with Crippen LogP contribution in [0.25, 0.3) is 10.9 Å². The number of aromatic nitrogens is 2. The van der Waals surface area contributed by atoms with Gasteiger partial charge in [0.1, 0.15) is 5.69 Å². The van der Waals surface area contributed by atoms with Crippen LogP contribution >= 0.6 is 15.9 Å². The van der Waals surface area contributed by atoms with E-state index in [1.54, 1.807) is 24.5 Å². The van der Waals surface area contributed by atoms with Gasteiger partial charge in [0.25, 0.3) is 5.91 Å². The molecule has 98 valence electrons. The molecule has 2 aromatic heterocycles. The van der Waals surface area contributed by atoms with Crippen molar-refractivity contribution in [3.63, 3.8) is 0 Å². The molecule has 0 atom stereocenters. The van der Waals surface area contributed by atoms with Crippen molar-refractivity contribution < 1.29 is 4.79 Å². The molecule has 1 aromatic carbocycles. The third-order valence-corrected chi connectivity index (χ3v) is 3.47. The van der Waals surface area contributed by atoms with Crippen LogP contribution in [0.5, 0.6) is 0 Å². The molecule has 5 heteroatoms. The zero-order valence-electron chi connectivity index (χ0n) is 10.4. The zero-order chi connectivity index (χ0) is 13.9. The molecule has 0 unspecified atom stereocenters. The number of nitrogens with one attached hydrogen (secondary N) is 1. The Balaban J connectivity index is 1.89. The van der Waals surface area contributed by atoms with Crippen molar-refractivity contribution in [1.29, 1.82) is 0 Å². The van der Waals surface area contributed by atoms with Gasteiger partial charge < -0.3 is 5.32 Å². The molecule has 0 aliphatic rings. The summed E-state index contributed by atoms with van der Waals surface area (Å²) in [6.45, 7) is 0. The minimum Gasteiger partial charge on any atom is -0.321 e. The maximum atomic E-state index is 12.2. The van der Waals surface area contributed by atoms with Crippen LogP contribution in [0.4, 0.5) is 5.69 Å². The Morgan fingerprint density at radius 3 is 2.70 bits per heavy atom. The topological polar surface area (TPSA) is 54.9 Å². The van der Waals surface area contributed by atoms with E-state index >= 15 is 0 Å². The monoisotopic (exact) mass is 327 g/mol. The normalized spacial score (nSPS) is 10.4. The molecular weight excluding hydrogens is 318 g/mol. The highest BCUT2D eigenvalue weighted by molar-refractivity contribution is 9.10. The van der Waals surface area contributed by atoms with Crippen LogP contribution in [0.1, 0.15) is 10.5 Å². The lowest BCUT2D eigenvalue weighted by molar-refractivity contribution is 0.102. The van der Waals surface area contributed by atoms with Crippen LogP contribution in [-0.2, 0) is 0 Å². The van der Waals surface area contributed by atoms with Gasteiger partial charge in [-0.15, -0.1) is 0 Å². The van der Waals surface area contributed by atoms with Crippen LogP contribution in [0.3, 0.4) is 0 Å². The summed E-state index contributed by atoms with van der Waals surface area (Å²) in [5.41, 5.74) is 1.97. The van der Waals surface area contributed by atoms with E-state index in [9.17, 15) is 4.79 Å². The smallest absolute Gasteiger partial charge is 0.275 e. The fraction of sp³-hybridized carbons (Fsp3) is 0. The summed E-state index contributed by atoms with van der Waals surface area (Å²) in [4.78, 5) is 20.5. The largest absolute Gasteiger partial charge is 0.321 e. The van der Waals surface area contributed by atoms with E-state index in [0.29, 0.717) is 15.9 Å². The average Bonchev–Trinajstić information content (AvgIpc) is 2.47. The number of hydrogen-bond donors (Lipinski definition) is 1. The third kappa shape index (κ3) is 2.53. The molecule has 1 N–H and O–H groups in total. The number of rotatable bonds is 2. The van der Waals surface area contributed by atoms with Crippen LogP contribution in [0.2, 0.25) is 0 Å². The van der Waals surface area contributed by atoms with Crippen molar-refractivity contribution in [1.82, 2.24) is 9.97 Å². The number of hydrogen-bond acceptors (Lipinski definition) is 3.